The largest absolute Gasteiger partial charge is 0.362 e. The Hall–Kier alpha value is -2.15. The fourth-order valence-corrected chi connectivity index (χ4v) is 3.85. The molecule has 0 aliphatic heterocycles. The lowest BCUT2D eigenvalue weighted by Crippen LogP contribution is -2.38. The quantitative estimate of drug-likeness (QED) is 0.702. The van der Waals surface area contributed by atoms with Crippen molar-refractivity contribution in [1.29, 1.82) is 0 Å². The molecule has 0 bridgehead atoms. The van der Waals surface area contributed by atoms with Gasteiger partial charge in [0.05, 0.1) is 0 Å². The number of hydrogen-bond donors (Lipinski definition) is 2. The number of hydrogen-bond acceptors (Lipinski definition) is 5. The molecule has 0 spiro atoms. The molecule has 1 aliphatic carbocycles. The lowest BCUT2D eigenvalue weighted by Gasteiger charge is -2.29. The van der Waals surface area contributed by atoms with Gasteiger partial charge >= 0.3 is 0 Å². The molecule has 1 saturated carbocycles. The number of benzene rings is 1. The molecule has 150 valence electrons. The lowest BCUT2D eigenvalue weighted by atomic mass is 9.86. The summed E-state index contributed by atoms with van der Waals surface area (Å²) in [6.45, 7) is 2.88. The normalized spacial score (nSPS) is 19.1. The predicted octanol–water partition coefficient (Wildman–Crippen LogP) is 4.01. The summed E-state index contributed by atoms with van der Waals surface area (Å²) in [7, 11) is 3.98. The summed E-state index contributed by atoms with van der Waals surface area (Å²) < 4.78 is 0.979. The van der Waals surface area contributed by atoms with Gasteiger partial charge in [-0.25, -0.2) is 4.98 Å². The Morgan fingerprint density at radius 2 is 1.86 bits per heavy atom. The number of amides is 1. The van der Waals surface area contributed by atoms with Crippen molar-refractivity contribution in [3.05, 3.63) is 46.1 Å². The first-order valence-electron chi connectivity index (χ1n) is 9.73. The molecule has 1 aliphatic rings. The highest BCUT2D eigenvalue weighted by Gasteiger charge is 2.23. The second-order valence-electron chi connectivity index (χ2n) is 7.67. The predicted molar refractivity (Wildman–Crippen MR) is 117 cm³/mol. The van der Waals surface area contributed by atoms with E-state index in [1.54, 1.807) is 0 Å². The van der Waals surface area contributed by atoms with Gasteiger partial charge in [-0.05, 0) is 62.8 Å². The molecule has 28 heavy (non-hydrogen) atoms. The van der Waals surface area contributed by atoms with E-state index in [1.807, 2.05) is 56.4 Å². The van der Waals surface area contributed by atoms with E-state index >= 15 is 0 Å². The first-order chi connectivity index (χ1) is 13.4. The van der Waals surface area contributed by atoms with Gasteiger partial charge in [-0.3, -0.25) is 4.79 Å². The molecule has 2 aromatic rings. The van der Waals surface area contributed by atoms with E-state index in [-0.39, 0.29) is 11.9 Å². The van der Waals surface area contributed by atoms with E-state index in [2.05, 4.69) is 36.5 Å². The maximum atomic E-state index is 12.4. The number of anilines is 2. The van der Waals surface area contributed by atoms with Crippen LogP contribution in [0, 0.1) is 12.8 Å². The van der Waals surface area contributed by atoms with Crippen LogP contribution in [0.2, 0.25) is 0 Å². The Balaban J connectivity index is 1.45. The van der Waals surface area contributed by atoms with Crippen LogP contribution in [0.1, 0.15) is 41.6 Å². The number of aromatic nitrogens is 2. The van der Waals surface area contributed by atoms with Crippen LogP contribution in [-0.4, -0.2) is 42.6 Å². The van der Waals surface area contributed by atoms with Crippen molar-refractivity contribution in [2.24, 2.45) is 5.92 Å². The monoisotopic (exact) mass is 445 g/mol. The molecule has 1 heterocycles. The number of rotatable bonds is 6. The third-order valence-electron chi connectivity index (χ3n) is 5.21. The lowest BCUT2D eigenvalue weighted by molar-refractivity contribution is 0.0922. The summed E-state index contributed by atoms with van der Waals surface area (Å²) in [6.07, 6.45) is 6.05. The minimum Gasteiger partial charge on any atom is -0.362 e. The summed E-state index contributed by atoms with van der Waals surface area (Å²) in [5.41, 5.74) is 1.78. The van der Waals surface area contributed by atoms with Crippen LogP contribution in [0.3, 0.4) is 0 Å². The Morgan fingerprint density at radius 1 is 1.18 bits per heavy atom. The van der Waals surface area contributed by atoms with Gasteiger partial charge < -0.3 is 15.5 Å². The third-order valence-corrected chi connectivity index (χ3v) is 5.73. The van der Waals surface area contributed by atoms with Gasteiger partial charge in [-0.1, -0.05) is 15.9 Å². The summed E-state index contributed by atoms with van der Waals surface area (Å²) in [5, 5.41) is 6.55. The topological polar surface area (TPSA) is 70.1 Å². The molecule has 0 saturated heterocycles. The van der Waals surface area contributed by atoms with Gasteiger partial charge in [0.25, 0.3) is 5.91 Å². The summed E-state index contributed by atoms with van der Waals surface area (Å²) >= 11 is 3.40. The van der Waals surface area contributed by atoms with E-state index in [9.17, 15) is 4.79 Å². The second-order valence-corrected chi connectivity index (χ2v) is 8.59. The van der Waals surface area contributed by atoms with Gasteiger partial charge in [-0.2, -0.15) is 4.98 Å². The molecular weight excluding hydrogens is 418 g/mol. The van der Waals surface area contributed by atoms with Crippen LogP contribution in [0.5, 0.6) is 0 Å². The van der Waals surface area contributed by atoms with Crippen LogP contribution in [0.25, 0.3) is 0 Å². The van der Waals surface area contributed by atoms with Crippen molar-refractivity contribution < 1.29 is 4.79 Å². The zero-order chi connectivity index (χ0) is 20.1. The van der Waals surface area contributed by atoms with Crippen LogP contribution in [-0.2, 0) is 0 Å². The van der Waals surface area contributed by atoms with E-state index in [1.165, 1.54) is 0 Å². The zero-order valence-corrected chi connectivity index (χ0v) is 18.3. The van der Waals surface area contributed by atoms with Gasteiger partial charge in [0.15, 0.2) is 0 Å². The highest BCUT2D eigenvalue weighted by molar-refractivity contribution is 9.10. The van der Waals surface area contributed by atoms with E-state index in [0.29, 0.717) is 17.4 Å². The van der Waals surface area contributed by atoms with Crippen LogP contribution >= 0.6 is 15.9 Å². The van der Waals surface area contributed by atoms with Gasteiger partial charge in [0, 0.05) is 48.5 Å². The molecule has 1 aromatic heterocycles. The van der Waals surface area contributed by atoms with E-state index in [0.717, 1.165) is 48.1 Å². The smallest absolute Gasteiger partial charge is 0.251 e. The van der Waals surface area contributed by atoms with Crippen molar-refractivity contribution >= 4 is 33.6 Å². The van der Waals surface area contributed by atoms with Crippen molar-refractivity contribution in [3.63, 3.8) is 0 Å². The Morgan fingerprint density at radius 3 is 2.50 bits per heavy atom. The molecule has 0 unspecified atom stereocenters. The molecule has 2 N–H and O–H groups in total. The first kappa shape index (κ1) is 20.6. The fourth-order valence-electron chi connectivity index (χ4n) is 3.59. The summed E-state index contributed by atoms with van der Waals surface area (Å²) in [6, 6.07) is 7.74. The second kappa shape index (κ2) is 9.37. The van der Waals surface area contributed by atoms with E-state index in [4.69, 9.17) is 0 Å². The Bertz CT molecular complexity index is 801. The maximum absolute atomic E-state index is 12.4. The summed E-state index contributed by atoms with van der Waals surface area (Å²) in [5.74, 6) is 2.21. The maximum Gasteiger partial charge on any atom is 0.251 e. The van der Waals surface area contributed by atoms with Crippen LogP contribution < -0.4 is 15.5 Å². The van der Waals surface area contributed by atoms with Crippen molar-refractivity contribution in [3.8, 4) is 0 Å². The van der Waals surface area contributed by atoms with Gasteiger partial charge in [-0.15, -0.1) is 0 Å². The molecule has 7 heteroatoms. The van der Waals surface area contributed by atoms with Crippen molar-refractivity contribution in [2.45, 2.75) is 38.6 Å². The number of carbonyl (C=O) groups is 1. The molecule has 1 fully saturated rings. The van der Waals surface area contributed by atoms with Crippen molar-refractivity contribution in [1.82, 2.24) is 15.3 Å². The third kappa shape index (κ3) is 5.44. The minimum atomic E-state index is 0.0124. The Kier molecular flexibility index (Phi) is 6.88. The highest BCUT2D eigenvalue weighted by atomic mass is 79.9. The minimum absolute atomic E-state index is 0.0124. The van der Waals surface area contributed by atoms with E-state index < -0.39 is 0 Å². The Labute approximate surface area is 175 Å². The average molecular weight is 446 g/mol. The zero-order valence-electron chi connectivity index (χ0n) is 16.7. The number of halogens is 1. The van der Waals surface area contributed by atoms with Crippen LogP contribution in [0.15, 0.2) is 34.9 Å². The summed E-state index contributed by atoms with van der Waals surface area (Å²) in [4.78, 5) is 23.4. The molecular formula is C21H28BrN5O. The molecule has 0 radical (unpaired) electrons. The molecule has 0 atom stereocenters. The highest BCUT2D eigenvalue weighted by Crippen LogP contribution is 2.25. The molecule has 6 nitrogen and oxygen atoms in total. The number of aryl methyl sites for hydroxylation is 1. The number of nitrogens with zero attached hydrogens (tertiary/aromatic N) is 3. The fraction of sp³-hybridized carbons (Fsp3) is 0.476. The van der Waals surface area contributed by atoms with Gasteiger partial charge in [0.2, 0.25) is 5.95 Å². The number of carbonyl (C=O) groups excluding carboxylic acids is 1. The SMILES string of the molecule is Cc1cnc(NCC2CCC(NC(=O)c3ccc(Br)cc3)CC2)nc1N(C)C. The average Bonchev–Trinajstić information content (AvgIpc) is 2.68. The molecule has 1 aromatic carbocycles. The molecule has 3 rings (SSSR count). The van der Waals surface area contributed by atoms with Crippen LogP contribution in [0.4, 0.5) is 11.8 Å². The van der Waals surface area contributed by atoms with Gasteiger partial charge in [0.1, 0.15) is 5.82 Å². The number of nitrogens with one attached hydrogen (secondary N) is 2. The van der Waals surface area contributed by atoms with Crippen molar-refractivity contribution in [2.75, 3.05) is 30.9 Å². The first-order valence-corrected chi connectivity index (χ1v) is 10.5. The molecule has 1 amide bonds. The standard InChI is InChI=1S/C21H28BrN5O/c1-14-12-23-21(26-19(14)27(2)3)24-13-15-4-10-18(11-5-15)25-20(28)16-6-8-17(22)9-7-16/h6-9,12,15,18H,4-5,10-11,13H2,1-3H3,(H,25,28)(H,23,24,26).